The molecule has 4 heteroatoms. The van der Waals surface area contributed by atoms with E-state index >= 15 is 0 Å². The zero-order chi connectivity index (χ0) is 15.7. The van der Waals surface area contributed by atoms with Crippen LogP contribution in [-0.2, 0) is 9.59 Å². The second kappa shape index (κ2) is 6.15. The molecule has 1 fully saturated rings. The summed E-state index contributed by atoms with van der Waals surface area (Å²) in [6.07, 6.45) is 0.704. The number of piperazine rings is 1. The molecule has 0 aromatic rings. The first kappa shape index (κ1) is 17.0. The molecule has 0 aliphatic carbocycles. The van der Waals surface area contributed by atoms with Crippen LogP contribution in [0.1, 0.15) is 54.9 Å². The number of amides is 2. The first-order valence-corrected chi connectivity index (χ1v) is 7.64. The van der Waals surface area contributed by atoms with Crippen LogP contribution in [-0.4, -0.2) is 35.3 Å². The molecule has 1 heterocycles. The lowest BCUT2D eigenvalue weighted by atomic mass is 9.89. The van der Waals surface area contributed by atoms with Crippen molar-refractivity contribution < 1.29 is 9.59 Å². The number of carbonyl (C=O) groups excluding carboxylic acids is 2. The van der Waals surface area contributed by atoms with Crippen LogP contribution in [0.25, 0.3) is 0 Å². The molecule has 1 N–H and O–H groups in total. The molecular formula is C16H30N2O2. The van der Waals surface area contributed by atoms with E-state index in [0.29, 0.717) is 18.9 Å². The molecule has 0 saturated carbocycles. The smallest absolute Gasteiger partial charge is 0.245 e. The van der Waals surface area contributed by atoms with Crippen molar-refractivity contribution in [2.24, 2.45) is 17.3 Å². The first-order chi connectivity index (χ1) is 9.03. The van der Waals surface area contributed by atoms with Gasteiger partial charge in [-0.15, -0.1) is 0 Å². The van der Waals surface area contributed by atoms with E-state index in [-0.39, 0.29) is 35.2 Å². The van der Waals surface area contributed by atoms with Crippen molar-refractivity contribution in [2.45, 2.75) is 67.0 Å². The van der Waals surface area contributed by atoms with Gasteiger partial charge in [-0.2, -0.15) is 0 Å². The van der Waals surface area contributed by atoms with Crippen LogP contribution >= 0.6 is 0 Å². The summed E-state index contributed by atoms with van der Waals surface area (Å²) in [5.74, 6) is 0.582. The lowest BCUT2D eigenvalue weighted by Gasteiger charge is -2.43. The highest BCUT2D eigenvalue weighted by Crippen LogP contribution is 2.25. The highest BCUT2D eigenvalue weighted by molar-refractivity contribution is 5.97. The maximum atomic E-state index is 12.7. The molecule has 2 unspecified atom stereocenters. The van der Waals surface area contributed by atoms with Crippen LogP contribution in [0.5, 0.6) is 0 Å². The average molecular weight is 282 g/mol. The lowest BCUT2D eigenvalue weighted by Crippen LogP contribution is -2.66. The van der Waals surface area contributed by atoms with E-state index in [9.17, 15) is 9.59 Å². The fourth-order valence-electron chi connectivity index (χ4n) is 2.78. The number of rotatable bonds is 4. The molecular weight excluding hydrogens is 252 g/mol. The molecule has 1 aliphatic heterocycles. The fourth-order valence-corrected chi connectivity index (χ4v) is 2.78. The second-order valence-corrected chi connectivity index (χ2v) is 7.91. The van der Waals surface area contributed by atoms with Gasteiger partial charge < -0.3 is 10.2 Å². The maximum absolute atomic E-state index is 12.7. The van der Waals surface area contributed by atoms with E-state index < -0.39 is 0 Å². The minimum absolute atomic E-state index is 0.00509. The maximum Gasteiger partial charge on any atom is 0.245 e. The monoisotopic (exact) mass is 282 g/mol. The highest BCUT2D eigenvalue weighted by Gasteiger charge is 2.43. The summed E-state index contributed by atoms with van der Waals surface area (Å²) in [5, 5.41) is 2.91. The number of nitrogens with one attached hydrogen (secondary N) is 1. The van der Waals surface area contributed by atoms with Gasteiger partial charge in [0.1, 0.15) is 12.1 Å². The van der Waals surface area contributed by atoms with Crippen molar-refractivity contribution in [3.8, 4) is 0 Å². The van der Waals surface area contributed by atoms with E-state index in [2.05, 4.69) is 39.9 Å². The molecule has 2 amide bonds. The van der Waals surface area contributed by atoms with Crippen LogP contribution in [0.3, 0.4) is 0 Å². The van der Waals surface area contributed by atoms with Gasteiger partial charge in [-0.1, -0.05) is 48.5 Å². The molecule has 0 bridgehead atoms. The Hall–Kier alpha value is -1.06. The first-order valence-electron chi connectivity index (χ1n) is 7.64. The Morgan fingerprint density at radius 3 is 2.10 bits per heavy atom. The third-order valence-electron chi connectivity index (χ3n) is 3.49. The van der Waals surface area contributed by atoms with Gasteiger partial charge in [0, 0.05) is 6.54 Å². The third kappa shape index (κ3) is 4.22. The molecule has 0 aromatic heterocycles. The fraction of sp³-hybridized carbons (Fsp3) is 0.875. The van der Waals surface area contributed by atoms with Gasteiger partial charge in [-0.05, 0) is 23.7 Å². The van der Waals surface area contributed by atoms with Crippen LogP contribution < -0.4 is 5.32 Å². The number of hydrogen-bond donors (Lipinski definition) is 1. The topological polar surface area (TPSA) is 49.4 Å². The average Bonchev–Trinajstić information content (AvgIpc) is 2.21. The predicted octanol–water partition coefficient (Wildman–Crippen LogP) is 2.43. The van der Waals surface area contributed by atoms with Crippen molar-refractivity contribution in [3.63, 3.8) is 0 Å². The van der Waals surface area contributed by atoms with E-state index in [1.807, 2.05) is 13.8 Å². The van der Waals surface area contributed by atoms with Gasteiger partial charge in [-0.25, -0.2) is 0 Å². The number of nitrogens with zero attached hydrogens (tertiary/aromatic N) is 1. The summed E-state index contributed by atoms with van der Waals surface area (Å²) >= 11 is 0. The van der Waals surface area contributed by atoms with Gasteiger partial charge >= 0.3 is 0 Å². The quantitative estimate of drug-likeness (QED) is 0.861. The second-order valence-electron chi connectivity index (χ2n) is 7.91. The summed E-state index contributed by atoms with van der Waals surface area (Å²) in [5.41, 5.74) is -0.0111. The molecule has 4 nitrogen and oxygen atoms in total. The zero-order valence-corrected chi connectivity index (χ0v) is 14.0. The number of hydrogen-bond acceptors (Lipinski definition) is 2. The minimum Gasteiger partial charge on any atom is -0.342 e. The molecule has 0 aromatic carbocycles. The Kier molecular flexibility index (Phi) is 5.22. The number of carbonyl (C=O) groups is 2. The lowest BCUT2D eigenvalue weighted by molar-refractivity contribution is -0.153. The van der Waals surface area contributed by atoms with E-state index in [4.69, 9.17) is 0 Å². The Bertz CT molecular complexity index is 369. The summed E-state index contributed by atoms with van der Waals surface area (Å²) in [7, 11) is 0. The summed E-state index contributed by atoms with van der Waals surface area (Å²) in [6.45, 7) is 15.1. The normalized spacial score (nSPS) is 24.6. The van der Waals surface area contributed by atoms with Crippen LogP contribution in [0.15, 0.2) is 0 Å². The summed E-state index contributed by atoms with van der Waals surface area (Å²) in [4.78, 5) is 26.9. The molecule has 0 radical (unpaired) electrons. The Morgan fingerprint density at radius 2 is 1.70 bits per heavy atom. The molecule has 2 atom stereocenters. The van der Waals surface area contributed by atoms with E-state index in [1.165, 1.54) is 0 Å². The summed E-state index contributed by atoms with van der Waals surface area (Å²) < 4.78 is 0. The van der Waals surface area contributed by atoms with Gasteiger partial charge in [0.2, 0.25) is 11.8 Å². The standard InChI is InChI=1S/C16H30N2O2/c1-10(2)8-12-15(20)18(9-16(5,6)7)13(11(3)4)14(19)17-12/h10-13H,8-9H2,1-7H3,(H,17,19). The van der Waals surface area contributed by atoms with Crippen molar-refractivity contribution in [1.82, 2.24) is 10.2 Å². The van der Waals surface area contributed by atoms with Gasteiger partial charge in [0.15, 0.2) is 0 Å². The van der Waals surface area contributed by atoms with Crippen LogP contribution in [0.4, 0.5) is 0 Å². The Labute approximate surface area is 123 Å². The van der Waals surface area contributed by atoms with Crippen LogP contribution in [0, 0.1) is 17.3 Å². The van der Waals surface area contributed by atoms with Crippen molar-refractivity contribution in [1.29, 1.82) is 0 Å². The Morgan fingerprint density at radius 1 is 1.15 bits per heavy atom. The zero-order valence-electron chi connectivity index (χ0n) is 14.0. The molecule has 20 heavy (non-hydrogen) atoms. The van der Waals surface area contributed by atoms with E-state index in [0.717, 1.165) is 0 Å². The van der Waals surface area contributed by atoms with Gasteiger partial charge in [-0.3, -0.25) is 9.59 Å². The van der Waals surface area contributed by atoms with Crippen molar-refractivity contribution >= 4 is 11.8 Å². The van der Waals surface area contributed by atoms with Crippen LogP contribution in [0.2, 0.25) is 0 Å². The minimum atomic E-state index is -0.361. The Balaban J connectivity index is 3.01. The van der Waals surface area contributed by atoms with Crippen molar-refractivity contribution in [2.75, 3.05) is 6.54 Å². The molecule has 116 valence electrons. The predicted molar refractivity (Wildman–Crippen MR) is 81.2 cm³/mol. The molecule has 1 aliphatic rings. The SMILES string of the molecule is CC(C)CC1NC(=O)C(C(C)C)N(CC(C)(C)C)C1=O. The third-order valence-corrected chi connectivity index (χ3v) is 3.49. The summed E-state index contributed by atoms with van der Waals surface area (Å²) in [6, 6.07) is -0.704. The molecule has 1 saturated heterocycles. The van der Waals surface area contributed by atoms with Gasteiger partial charge in [0.05, 0.1) is 0 Å². The molecule has 0 spiro atoms. The highest BCUT2D eigenvalue weighted by atomic mass is 16.2. The van der Waals surface area contributed by atoms with Crippen molar-refractivity contribution in [3.05, 3.63) is 0 Å². The molecule has 1 rings (SSSR count). The van der Waals surface area contributed by atoms with E-state index in [1.54, 1.807) is 4.90 Å². The van der Waals surface area contributed by atoms with Gasteiger partial charge in [0.25, 0.3) is 0 Å². The largest absolute Gasteiger partial charge is 0.342 e.